The first-order valence-corrected chi connectivity index (χ1v) is 5.44. The van der Waals surface area contributed by atoms with Gasteiger partial charge in [0.2, 0.25) is 0 Å². The number of nitrogens with two attached hydrogens (primary N) is 1. The fourth-order valence-electron chi connectivity index (χ4n) is 2.15. The van der Waals surface area contributed by atoms with Crippen LogP contribution in [-0.4, -0.2) is 10.3 Å². The summed E-state index contributed by atoms with van der Waals surface area (Å²) >= 11 is 0. The monoisotopic (exact) mass is 235 g/mol. The average molecular weight is 235 g/mol. The van der Waals surface area contributed by atoms with E-state index in [4.69, 9.17) is 11.0 Å². The molecular formula is C14H9N3O. The predicted octanol–water partition coefficient (Wildman–Crippen LogP) is 2.06. The Labute approximate surface area is 103 Å². The van der Waals surface area contributed by atoms with Crippen LogP contribution in [0.2, 0.25) is 0 Å². The Bertz CT molecular complexity index is 824. The van der Waals surface area contributed by atoms with Crippen molar-refractivity contribution in [1.29, 1.82) is 5.26 Å². The van der Waals surface area contributed by atoms with E-state index in [0.29, 0.717) is 16.8 Å². The highest BCUT2D eigenvalue weighted by molar-refractivity contribution is 5.96. The number of nitrogens with zero attached hydrogens (tertiary/aromatic N) is 2. The second-order valence-corrected chi connectivity index (χ2v) is 4.08. The van der Waals surface area contributed by atoms with Gasteiger partial charge in [0, 0.05) is 6.20 Å². The van der Waals surface area contributed by atoms with Crippen molar-refractivity contribution in [2.45, 2.75) is 0 Å². The molecule has 0 saturated carbocycles. The van der Waals surface area contributed by atoms with Crippen molar-refractivity contribution in [3.8, 4) is 6.07 Å². The molecule has 0 spiro atoms. The second-order valence-electron chi connectivity index (χ2n) is 4.08. The zero-order valence-corrected chi connectivity index (χ0v) is 9.42. The van der Waals surface area contributed by atoms with Crippen LogP contribution in [0.3, 0.4) is 0 Å². The maximum atomic E-state index is 11.4. The summed E-state index contributed by atoms with van der Waals surface area (Å²) in [5.74, 6) is -0.540. The van der Waals surface area contributed by atoms with E-state index in [9.17, 15) is 4.79 Å². The first-order chi connectivity index (χ1) is 8.70. The molecule has 0 atom stereocenters. The van der Waals surface area contributed by atoms with E-state index in [0.717, 1.165) is 10.8 Å². The summed E-state index contributed by atoms with van der Waals surface area (Å²) < 4.78 is 1.67. The standard InChI is InChI=1S/C14H9N3O/c15-7-11-6-13(14(16)18)17-8-10-4-2-1-3-9(10)5-12(11)17/h1-6,8H,(H2,16,18). The maximum Gasteiger partial charge on any atom is 0.265 e. The van der Waals surface area contributed by atoms with Gasteiger partial charge in [-0.25, -0.2) is 0 Å². The molecule has 86 valence electrons. The number of hydrogen-bond donors (Lipinski definition) is 1. The summed E-state index contributed by atoms with van der Waals surface area (Å²) in [7, 11) is 0. The molecule has 0 fully saturated rings. The van der Waals surface area contributed by atoms with Crippen LogP contribution in [0.15, 0.2) is 42.6 Å². The Balaban J connectivity index is 2.51. The fourth-order valence-corrected chi connectivity index (χ4v) is 2.15. The lowest BCUT2D eigenvalue weighted by molar-refractivity contribution is 0.0995. The smallest absolute Gasteiger partial charge is 0.265 e. The van der Waals surface area contributed by atoms with Crippen LogP contribution in [0, 0.1) is 11.3 Å². The van der Waals surface area contributed by atoms with Gasteiger partial charge in [-0.3, -0.25) is 4.79 Å². The van der Waals surface area contributed by atoms with E-state index in [1.54, 1.807) is 4.40 Å². The molecule has 1 aromatic carbocycles. The third-order valence-electron chi connectivity index (χ3n) is 3.01. The summed E-state index contributed by atoms with van der Waals surface area (Å²) in [5.41, 5.74) is 6.80. The molecule has 0 aliphatic heterocycles. The summed E-state index contributed by atoms with van der Waals surface area (Å²) in [6.45, 7) is 0. The lowest BCUT2D eigenvalue weighted by Crippen LogP contribution is -2.13. The van der Waals surface area contributed by atoms with Gasteiger partial charge in [0.05, 0.1) is 11.1 Å². The largest absolute Gasteiger partial charge is 0.364 e. The third-order valence-corrected chi connectivity index (χ3v) is 3.01. The summed E-state index contributed by atoms with van der Waals surface area (Å²) in [6.07, 6.45) is 1.82. The van der Waals surface area contributed by atoms with Gasteiger partial charge in [-0.15, -0.1) is 0 Å². The zero-order valence-electron chi connectivity index (χ0n) is 9.42. The Morgan fingerprint density at radius 2 is 1.94 bits per heavy atom. The maximum absolute atomic E-state index is 11.4. The van der Waals surface area contributed by atoms with Crippen LogP contribution < -0.4 is 5.73 Å². The number of rotatable bonds is 1. The number of fused-ring (bicyclic) bond motifs is 2. The van der Waals surface area contributed by atoms with Crippen LogP contribution in [0.1, 0.15) is 16.1 Å². The van der Waals surface area contributed by atoms with Crippen LogP contribution in [-0.2, 0) is 0 Å². The molecule has 3 aromatic rings. The summed E-state index contributed by atoms with van der Waals surface area (Å²) in [6, 6.07) is 13.3. The Morgan fingerprint density at radius 3 is 2.61 bits per heavy atom. The van der Waals surface area contributed by atoms with Crippen LogP contribution >= 0.6 is 0 Å². The van der Waals surface area contributed by atoms with E-state index in [-0.39, 0.29) is 0 Å². The zero-order chi connectivity index (χ0) is 12.7. The third kappa shape index (κ3) is 1.35. The predicted molar refractivity (Wildman–Crippen MR) is 68.1 cm³/mol. The van der Waals surface area contributed by atoms with Gasteiger partial charge in [-0.05, 0) is 22.9 Å². The van der Waals surface area contributed by atoms with Crippen molar-refractivity contribution in [2.24, 2.45) is 5.73 Å². The molecule has 4 nitrogen and oxygen atoms in total. The number of carbonyl (C=O) groups excluding carboxylic acids is 1. The molecule has 3 rings (SSSR count). The van der Waals surface area contributed by atoms with Gasteiger partial charge in [0.15, 0.2) is 0 Å². The number of carbonyl (C=O) groups is 1. The topological polar surface area (TPSA) is 71.3 Å². The van der Waals surface area contributed by atoms with Gasteiger partial charge >= 0.3 is 0 Å². The molecule has 0 saturated heterocycles. The minimum absolute atomic E-state index is 0.326. The van der Waals surface area contributed by atoms with Gasteiger partial charge < -0.3 is 10.1 Å². The highest BCUT2D eigenvalue weighted by Crippen LogP contribution is 2.22. The van der Waals surface area contributed by atoms with Crippen molar-refractivity contribution >= 4 is 22.2 Å². The molecule has 0 radical (unpaired) electrons. The molecule has 0 bridgehead atoms. The van der Waals surface area contributed by atoms with Crippen LogP contribution in [0.5, 0.6) is 0 Å². The van der Waals surface area contributed by atoms with Crippen molar-refractivity contribution in [3.05, 3.63) is 53.9 Å². The van der Waals surface area contributed by atoms with Gasteiger partial charge in [-0.1, -0.05) is 24.3 Å². The highest BCUT2D eigenvalue weighted by Gasteiger charge is 2.13. The van der Waals surface area contributed by atoms with E-state index in [1.807, 2.05) is 36.5 Å². The molecule has 2 N–H and O–H groups in total. The first-order valence-electron chi connectivity index (χ1n) is 5.44. The van der Waals surface area contributed by atoms with Crippen molar-refractivity contribution in [1.82, 2.24) is 4.40 Å². The van der Waals surface area contributed by atoms with Gasteiger partial charge in [0.1, 0.15) is 11.8 Å². The lowest BCUT2D eigenvalue weighted by Gasteiger charge is -2.02. The molecule has 1 amide bonds. The molecule has 4 heteroatoms. The Hall–Kier alpha value is -2.80. The number of primary amides is 1. The van der Waals surface area contributed by atoms with E-state index >= 15 is 0 Å². The van der Waals surface area contributed by atoms with Gasteiger partial charge in [0.25, 0.3) is 5.91 Å². The number of hydrogen-bond acceptors (Lipinski definition) is 2. The fraction of sp³-hybridized carbons (Fsp3) is 0. The number of amides is 1. The molecule has 0 aliphatic rings. The normalized spacial score (nSPS) is 10.6. The number of pyridine rings is 1. The van der Waals surface area contributed by atoms with E-state index in [1.165, 1.54) is 6.07 Å². The molecule has 2 aromatic heterocycles. The molecule has 0 unspecified atom stereocenters. The minimum atomic E-state index is -0.540. The minimum Gasteiger partial charge on any atom is -0.364 e. The lowest BCUT2D eigenvalue weighted by atomic mass is 10.1. The molecular weight excluding hydrogens is 226 g/mol. The Morgan fingerprint density at radius 1 is 1.22 bits per heavy atom. The number of aromatic nitrogens is 1. The molecule has 2 heterocycles. The summed E-state index contributed by atoms with van der Waals surface area (Å²) in [4.78, 5) is 11.4. The van der Waals surface area contributed by atoms with Crippen molar-refractivity contribution in [3.63, 3.8) is 0 Å². The van der Waals surface area contributed by atoms with Crippen LogP contribution in [0.25, 0.3) is 16.3 Å². The summed E-state index contributed by atoms with van der Waals surface area (Å²) in [5, 5.41) is 11.1. The Kier molecular flexibility index (Phi) is 2.07. The van der Waals surface area contributed by atoms with E-state index in [2.05, 4.69) is 6.07 Å². The quantitative estimate of drug-likeness (QED) is 0.701. The van der Waals surface area contributed by atoms with Crippen LogP contribution in [0.4, 0.5) is 0 Å². The SMILES string of the molecule is N#Cc1cc(C(N)=O)n2cc3ccccc3cc12. The highest BCUT2D eigenvalue weighted by atomic mass is 16.1. The second kappa shape index (κ2) is 3.60. The van der Waals surface area contributed by atoms with E-state index < -0.39 is 5.91 Å². The van der Waals surface area contributed by atoms with Crippen molar-refractivity contribution in [2.75, 3.05) is 0 Å². The van der Waals surface area contributed by atoms with Gasteiger partial charge in [-0.2, -0.15) is 5.26 Å². The first kappa shape index (κ1) is 10.4. The molecule has 18 heavy (non-hydrogen) atoms. The number of nitriles is 1. The number of benzene rings is 1. The average Bonchev–Trinajstić information content (AvgIpc) is 2.74. The van der Waals surface area contributed by atoms with Crippen molar-refractivity contribution < 1.29 is 4.79 Å². The molecule has 0 aliphatic carbocycles.